The number of rotatable bonds is 4. The molecular formula is C17H21N3O5S. The summed E-state index contributed by atoms with van der Waals surface area (Å²) in [6.07, 6.45) is 0.343. The predicted molar refractivity (Wildman–Crippen MR) is 94.0 cm³/mol. The number of nitrogens with one attached hydrogen (secondary N) is 2. The number of hydrogen-bond acceptors (Lipinski definition) is 5. The number of benzene rings is 1. The van der Waals surface area contributed by atoms with E-state index in [0.29, 0.717) is 12.0 Å². The Kier molecular flexibility index (Phi) is 4.51. The maximum absolute atomic E-state index is 12.8. The third kappa shape index (κ3) is 3.44. The van der Waals surface area contributed by atoms with Crippen LogP contribution in [0.25, 0.3) is 0 Å². The second-order valence-electron chi connectivity index (χ2n) is 6.98. The summed E-state index contributed by atoms with van der Waals surface area (Å²) in [5.41, 5.74) is 0.421. The van der Waals surface area contributed by atoms with Gasteiger partial charge >= 0.3 is 6.03 Å². The van der Waals surface area contributed by atoms with Gasteiger partial charge in [0.15, 0.2) is 9.84 Å². The molecule has 26 heavy (non-hydrogen) atoms. The van der Waals surface area contributed by atoms with Crippen LogP contribution in [0.4, 0.5) is 4.79 Å². The zero-order valence-electron chi connectivity index (χ0n) is 14.6. The largest absolute Gasteiger partial charge is 0.351 e. The van der Waals surface area contributed by atoms with Crippen LogP contribution in [0, 0.1) is 6.92 Å². The average Bonchev–Trinajstić information content (AvgIpc) is 3.00. The molecule has 3 rings (SSSR count). The first kappa shape index (κ1) is 18.4. The molecule has 0 spiro atoms. The summed E-state index contributed by atoms with van der Waals surface area (Å²) in [7, 11) is -3.12. The standard InChI is InChI=1S/C17H21N3O5S/c1-11-3-5-12(6-4-11)17(2)15(22)20(16(23)19-17)9-14(21)18-13-7-8-26(24,25)10-13/h3-6,13H,7-10H2,1-2H3,(H,18,21)(H,19,23)/t13-,17+/m1/s1. The van der Waals surface area contributed by atoms with Crippen LogP contribution in [0.1, 0.15) is 24.5 Å². The molecule has 0 saturated carbocycles. The van der Waals surface area contributed by atoms with Gasteiger partial charge in [0.1, 0.15) is 12.1 Å². The van der Waals surface area contributed by atoms with Gasteiger partial charge in [0, 0.05) is 6.04 Å². The van der Waals surface area contributed by atoms with Gasteiger partial charge in [0.25, 0.3) is 5.91 Å². The lowest BCUT2D eigenvalue weighted by atomic mass is 9.91. The van der Waals surface area contributed by atoms with E-state index in [2.05, 4.69) is 10.6 Å². The third-order valence-electron chi connectivity index (χ3n) is 4.80. The van der Waals surface area contributed by atoms with Crippen molar-refractivity contribution in [2.75, 3.05) is 18.1 Å². The number of amides is 4. The molecule has 8 nitrogen and oxygen atoms in total. The molecule has 0 bridgehead atoms. The van der Waals surface area contributed by atoms with Gasteiger partial charge in [-0.05, 0) is 25.8 Å². The van der Waals surface area contributed by atoms with Crippen molar-refractivity contribution in [3.63, 3.8) is 0 Å². The lowest BCUT2D eigenvalue weighted by molar-refractivity contribution is -0.135. The van der Waals surface area contributed by atoms with Crippen LogP contribution >= 0.6 is 0 Å². The van der Waals surface area contributed by atoms with E-state index in [1.165, 1.54) is 0 Å². The molecule has 0 radical (unpaired) electrons. The zero-order valence-corrected chi connectivity index (χ0v) is 15.4. The number of aryl methyl sites for hydroxylation is 1. The van der Waals surface area contributed by atoms with Crippen molar-refractivity contribution in [2.45, 2.75) is 31.8 Å². The molecule has 0 aliphatic carbocycles. The van der Waals surface area contributed by atoms with Gasteiger partial charge in [-0.25, -0.2) is 13.2 Å². The van der Waals surface area contributed by atoms with Gasteiger partial charge in [0.2, 0.25) is 5.91 Å². The van der Waals surface area contributed by atoms with Crippen molar-refractivity contribution >= 4 is 27.7 Å². The van der Waals surface area contributed by atoms with Crippen molar-refractivity contribution in [1.82, 2.24) is 15.5 Å². The highest BCUT2D eigenvalue weighted by Gasteiger charge is 2.49. The Morgan fingerprint density at radius 1 is 1.31 bits per heavy atom. The highest BCUT2D eigenvalue weighted by Crippen LogP contribution is 2.28. The van der Waals surface area contributed by atoms with Crippen LogP contribution in [0.3, 0.4) is 0 Å². The summed E-state index contributed by atoms with van der Waals surface area (Å²) < 4.78 is 22.9. The Labute approximate surface area is 151 Å². The highest BCUT2D eigenvalue weighted by atomic mass is 32.2. The molecule has 2 aliphatic heterocycles. The lowest BCUT2D eigenvalue weighted by Gasteiger charge is -2.22. The molecule has 1 aromatic carbocycles. The molecule has 2 aliphatic rings. The van der Waals surface area contributed by atoms with Crippen LogP contribution < -0.4 is 10.6 Å². The summed E-state index contributed by atoms with van der Waals surface area (Å²) >= 11 is 0. The van der Waals surface area contributed by atoms with E-state index in [1.54, 1.807) is 19.1 Å². The zero-order chi connectivity index (χ0) is 19.1. The SMILES string of the molecule is Cc1ccc([C@]2(C)NC(=O)N(CC(=O)N[C@@H]3CCS(=O)(=O)C3)C2=O)cc1. The molecule has 140 valence electrons. The van der Waals surface area contributed by atoms with Gasteiger partial charge < -0.3 is 10.6 Å². The monoisotopic (exact) mass is 379 g/mol. The Hall–Kier alpha value is -2.42. The normalized spacial score (nSPS) is 27.5. The van der Waals surface area contributed by atoms with Gasteiger partial charge in [-0.15, -0.1) is 0 Å². The van der Waals surface area contributed by atoms with E-state index in [4.69, 9.17) is 0 Å². The van der Waals surface area contributed by atoms with Crippen LogP contribution in [-0.4, -0.2) is 55.3 Å². The maximum Gasteiger partial charge on any atom is 0.325 e. The maximum atomic E-state index is 12.8. The number of carbonyl (C=O) groups excluding carboxylic acids is 3. The van der Waals surface area contributed by atoms with Gasteiger partial charge in [-0.2, -0.15) is 0 Å². The van der Waals surface area contributed by atoms with Gasteiger partial charge in [0.05, 0.1) is 11.5 Å². The molecular weight excluding hydrogens is 358 g/mol. The second kappa shape index (κ2) is 6.39. The van der Waals surface area contributed by atoms with Crippen molar-refractivity contribution in [3.05, 3.63) is 35.4 Å². The molecule has 2 N–H and O–H groups in total. The molecule has 2 saturated heterocycles. The first-order valence-electron chi connectivity index (χ1n) is 8.32. The van der Waals surface area contributed by atoms with E-state index < -0.39 is 45.8 Å². The second-order valence-corrected chi connectivity index (χ2v) is 9.21. The van der Waals surface area contributed by atoms with Crippen LogP contribution in [0.2, 0.25) is 0 Å². The Morgan fingerprint density at radius 2 is 1.96 bits per heavy atom. The third-order valence-corrected chi connectivity index (χ3v) is 6.57. The lowest BCUT2D eigenvalue weighted by Crippen LogP contribution is -2.45. The Bertz CT molecular complexity index is 865. The molecule has 1 aromatic rings. The number of urea groups is 1. The van der Waals surface area contributed by atoms with E-state index in [1.807, 2.05) is 19.1 Å². The Balaban J connectivity index is 1.69. The Morgan fingerprint density at radius 3 is 2.54 bits per heavy atom. The molecule has 2 heterocycles. The molecule has 4 amide bonds. The summed E-state index contributed by atoms with van der Waals surface area (Å²) in [4.78, 5) is 38.0. The predicted octanol–water partition coefficient (Wildman–Crippen LogP) is 0.0653. The van der Waals surface area contributed by atoms with Crippen molar-refractivity contribution in [2.24, 2.45) is 0 Å². The number of nitrogens with zero attached hydrogens (tertiary/aromatic N) is 1. The number of imide groups is 1. The van der Waals surface area contributed by atoms with Gasteiger partial charge in [-0.1, -0.05) is 29.8 Å². The number of sulfone groups is 1. The molecule has 9 heteroatoms. The smallest absolute Gasteiger partial charge is 0.325 e. The quantitative estimate of drug-likeness (QED) is 0.719. The topological polar surface area (TPSA) is 113 Å². The van der Waals surface area contributed by atoms with Crippen LogP contribution in [-0.2, 0) is 25.0 Å². The molecule has 2 fully saturated rings. The fraction of sp³-hybridized carbons (Fsp3) is 0.471. The summed E-state index contributed by atoms with van der Waals surface area (Å²) in [5, 5.41) is 5.22. The van der Waals surface area contributed by atoms with E-state index >= 15 is 0 Å². The molecule has 0 unspecified atom stereocenters. The average molecular weight is 379 g/mol. The van der Waals surface area contributed by atoms with Crippen molar-refractivity contribution in [1.29, 1.82) is 0 Å². The number of hydrogen-bond donors (Lipinski definition) is 2. The fourth-order valence-electron chi connectivity index (χ4n) is 3.25. The van der Waals surface area contributed by atoms with Gasteiger partial charge in [-0.3, -0.25) is 14.5 Å². The van der Waals surface area contributed by atoms with E-state index in [-0.39, 0.29) is 11.5 Å². The minimum absolute atomic E-state index is 0.0343. The highest BCUT2D eigenvalue weighted by molar-refractivity contribution is 7.91. The van der Waals surface area contributed by atoms with Crippen molar-refractivity contribution < 1.29 is 22.8 Å². The van der Waals surface area contributed by atoms with E-state index in [9.17, 15) is 22.8 Å². The molecule has 0 aromatic heterocycles. The summed E-state index contributed by atoms with van der Waals surface area (Å²) in [6, 6.07) is 6.09. The molecule has 2 atom stereocenters. The number of carbonyl (C=O) groups is 3. The van der Waals surface area contributed by atoms with Crippen molar-refractivity contribution in [3.8, 4) is 0 Å². The minimum Gasteiger partial charge on any atom is -0.351 e. The first-order chi connectivity index (χ1) is 12.1. The minimum atomic E-state index is -3.12. The fourth-order valence-corrected chi connectivity index (χ4v) is 4.92. The van der Waals surface area contributed by atoms with E-state index in [0.717, 1.165) is 10.5 Å². The van der Waals surface area contributed by atoms with Crippen LogP contribution in [0.15, 0.2) is 24.3 Å². The first-order valence-corrected chi connectivity index (χ1v) is 10.1. The van der Waals surface area contributed by atoms with Crippen LogP contribution in [0.5, 0.6) is 0 Å². The summed E-state index contributed by atoms with van der Waals surface area (Å²) in [6.45, 7) is 3.07. The summed E-state index contributed by atoms with van der Waals surface area (Å²) in [5.74, 6) is -1.14.